The molecule has 98 valence electrons. The van der Waals surface area contributed by atoms with Crippen LogP contribution in [-0.4, -0.2) is 25.2 Å². The van der Waals surface area contributed by atoms with Crippen molar-refractivity contribution in [3.63, 3.8) is 0 Å². The number of hydrogen-bond acceptors (Lipinski definition) is 4. The van der Waals surface area contributed by atoms with E-state index in [2.05, 4.69) is 10.1 Å². The Labute approximate surface area is 110 Å². The summed E-state index contributed by atoms with van der Waals surface area (Å²) in [6, 6.07) is 5.09. The van der Waals surface area contributed by atoms with Crippen LogP contribution < -0.4 is 5.32 Å². The number of amides is 1. The van der Waals surface area contributed by atoms with Gasteiger partial charge in [0.05, 0.1) is 18.4 Å². The zero-order valence-corrected chi connectivity index (χ0v) is 11.4. The van der Waals surface area contributed by atoms with Gasteiger partial charge in [0.25, 0.3) is 0 Å². The fourth-order valence-corrected chi connectivity index (χ4v) is 1.68. The first-order chi connectivity index (χ1) is 8.58. The van der Waals surface area contributed by atoms with E-state index in [1.165, 1.54) is 14.0 Å². The maximum Gasteiger partial charge on any atom is 0.339 e. The average Bonchev–Trinajstić information content (AvgIpc) is 2.35. The average molecular weight is 270 g/mol. The predicted molar refractivity (Wildman–Crippen MR) is 71.6 cm³/mol. The summed E-state index contributed by atoms with van der Waals surface area (Å²) in [7, 11) is 1.30. The zero-order chi connectivity index (χ0) is 13.5. The van der Waals surface area contributed by atoms with Gasteiger partial charge in [-0.1, -0.05) is 6.07 Å². The summed E-state index contributed by atoms with van der Waals surface area (Å²) < 4.78 is 9.91. The van der Waals surface area contributed by atoms with E-state index in [9.17, 15) is 9.59 Å². The number of nitrogens with one attached hydrogen (secondary N) is 1. The summed E-state index contributed by atoms with van der Waals surface area (Å²) in [6.07, 6.45) is 1.87. The smallest absolute Gasteiger partial charge is 0.339 e. The molecule has 0 saturated heterocycles. The Hall–Kier alpha value is -1.53. The molecule has 1 aromatic carbocycles. The third-order valence-corrected chi connectivity index (χ3v) is 2.55. The molecular weight excluding hydrogens is 254 g/mol. The standard InChI is InChI=1S/C12H15NO4S/c1-8(14)13-11-6-9(7-17-18-3)4-5-10(11)12(15)16-2/h4-6H,7H2,1-3H3,(H,13,14)/p+1. The monoisotopic (exact) mass is 270 g/mol. The van der Waals surface area contributed by atoms with E-state index in [1.54, 1.807) is 18.2 Å². The predicted octanol–water partition coefficient (Wildman–Crippen LogP) is 1.31. The Bertz CT molecular complexity index is 448. The van der Waals surface area contributed by atoms with Crippen molar-refractivity contribution in [1.82, 2.24) is 0 Å². The summed E-state index contributed by atoms with van der Waals surface area (Å²) in [4.78, 5) is 22.6. The second kappa shape index (κ2) is 7.03. The Morgan fingerprint density at radius 2 is 2.11 bits per heavy atom. The largest absolute Gasteiger partial charge is 0.465 e. The highest BCUT2D eigenvalue weighted by Crippen LogP contribution is 2.19. The van der Waals surface area contributed by atoms with Gasteiger partial charge in [0.1, 0.15) is 24.9 Å². The number of hydrogen-bond donors (Lipinski definition) is 1. The molecule has 0 aliphatic carbocycles. The first-order valence-corrected chi connectivity index (χ1v) is 6.54. The molecule has 0 heterocycles. The molecular formula is C12H16NO4S+. The van der Waals surface area contributed by atoms with Gasteiger partial charge in [-0.2, -0.15) is 4.18 Å². The summed E-state index contributed by atoms with van der Waals surface area (Å²) >= 11 is 0.821. The van der Waals surface area contributed by atoms with Gasteiger partial charge in [0.2, 0.25) is 5.91 Å². The van der Waals surface area contributed by atoms with E-state index < -0.39 is 5.97 Å². The number of rotatable bonds is 5. The summed E-state index contributed by atoms with van der Waals surface area (Å²) in [6.45, 7) is 1.81. The highest BCUT2D eigenvalue weighted by molar-refractivity contribution is 7.72. The molecule has 0 saturated carbocycles. The van der Waals surface area contributed by atoms with Crippen LogP contribution in [0.3, 0.4) is 0 Å². The minimum absolute atomic E-state index is 0.244. The normalized spacial score (nSPS) is 9.94. The molecule has 0 atom stereocenters. The molecule has 1 aromatic rings. The van der Waals surface area contributed by atoms with Gasteiger partial charge >= 0.3 is 5.97 Å². The van der Waals surface area contributed by atoms with Crippen LogP contribution in [0.15, 0.2) is 18.2 Å². The lowest BCUT2D eigenvalue weighted by atomic mass is 10.1. The molecule has 0 aromatic heterocycles. The SMILES string of the molecule is COC(=O)c1ccc(CO[SH+]C)cc1NC(C)=O. The number of thiol groups is 1. The lowest BCUT2D eigenvalue weighted by molar-refractivity contribution is -0.114. The molecule has 0 fully saturated rings. The van der Waals surface area contributed by atoms with E-state index in [-0.39, 0.29) is 5.91 Å². The maximum absolute atomic E-state index is 11.5. The molecule has 0 unspecified atom stereocenters. The number of carbonyl (C=O) groups excluding carboxylic acids is 2. The van der Waals surface area contributed by atoms with Gasteiger partial charge in [-0.3, -0.25) is 4.79 Å². The molecule has 0 spiro atoms. The van der Waals surface area contributed by atoms with Crippen LogP contribution in [0.2, 0.25) is 0 Å². The molecule has 1 rings (SSSR count). The van der Waals surface area contributed by atoms with Crippen LogP contribution in [-0.2, 0) is 32.4 Å². The second-order valence-corrected chi connectivity index (χ2v) is 4.13. The van der Waals surface area contributed by atoms with Crippen molar-refractivity contribution in [3.8, 4) is 0 Å². The second-order valence-electron chi connectivity index (χ2n) is 3.51. The quantitative estimate of drug-likeness (QED) is 0.498. The molecule has 18 heavy (non-hydrogen) atoms. The van der Waals surface area contributed by atoms with Crippen molar-refractivity contribution in [2.45, 2.75) is 13.5 Å². The number of ether oxygens (including phenoxy) is 1. The number of methoxy groups -OCH3 is 1. The molecule has 0 aliphatic heterocycles. The molecule has 0 radical (unpaired) electrons. The van der Waals surface area contributed by atoms with Crippen molar-refractivity contribution in [1.29, 1.82) is 0 Å². The Morgan fingerprint density at radius 3 is 2.67 bits per heavy atom. The van der Waals surface area contributed by atoms with E-state index in [1.807, 2.05) is 6.26 Å². The summed E-state index contributed by atoms with van der Waals surface area (Å²) in [5.41, 5.74) is 1.63. The van der Waals surface area contributed by atoms with Crippen molar-refractivity contribution < 1.29 is 18.5 Å². The minimum Gasteiger partial charge on any atom is -0.465 e. The van der Waals surface area contributed by atoms with Gasteiger partial charge in [0.15, 0.2) is 0 Å². The summed E-state index contributed by atoms with van der Waals surface area (Å²) in [5, 5.41) is 2.61. The number of esters is 1. The highest BCUT2D eigenvalue weighted by Gasteiger charge is 2.13. The van der Waals surface area contributed by atoms with Gasteiger partial charge in [0, 0.05) is 6.92 Å². The highest BCUT2D eigenvalue weighted by atomic mass is 32.2. The molecule has 0 aliphatic rings. The maximum atomic E-state index is 11.5. The minimum atomic E-state index is -0.486. The van der Waals surface area contributed by atoms with Gasteiger partial charge in [-0.15, -0.1) is 0 Å². The zero-order valence-electron chi connectivity index (χ0n) is 10.5. The van der Waals surface area contributed by atoms with Gasteiger partial charge in [-0.25, -0.2) is 4.79 Å². The Morgan fingerprint density at radius 1 is 1.39 bits per heavy atom. The first-order valence-electron chi connectivity index (χ1n) is 5.28. The first kappa shape index (κ1) is 14.5. The Kier molecular flexibility index (Phi) is 5.67. The van der Waals surface area contributed by atoms with Crippen molar-refractivity contribution in [2.24, 2.45) is 0 Å². The summed E-state index contributed by atoms with van der Waals surface area (Å²) in [5.74, 6) is -0.730. The van der Waals surface area contributed by atoms with Crippen LogP contribution in [0, 0.1) is 0 Å². The molecule has 6 heteroatoms. The van der Waals surface area contributed by atoms with E-state index in [0.717, 1.165) is 17.6 Å². The van der Waals surface area contributed by atoms with Crippen LogP contribution in [0.1, 0.15) is 22.8 Å². The molecule has 1 N–H and O–H groups in total. The van der Waals surface area contributed by atoms with E-state index in [4.69, 9.17) is 4.18 Å². The van der Waals surface area contributed by atoms with Crippen molar-refractivity contribution in [3.05, 3.63) is 29.3 Å². The van der Waals surface area contributed by atoms with Crippen LogP contribution in [0.4, 0.5) is 5.69 Å². The third kappa shape index (κ3) is 4.05. The number of anilines is 1. The lowest BCUT2D eigenvalue weighted by Gasteiger charge is -2.09. The number of carbonyl (C=O) groups is 2. The number of benzene rings is 1. The van der Waals surface area contributed by atoms with Crippen molar-refractivity contribution >= 4 is 29.6 Å². The fraction of sp³-hybridized carbons (Fsp3) is 0.333. The van der Waals surface area contributed by atoms with E-state index >= 15 is 0 Å². The van der Waals surface area contributed by atoms with E-state index in [0.29, 0.717) is 17.9 Å². The van der Waals surface area contributed by atoms with Gasteiger partial charge < -0.3 is 10.1 Å². The topological polar surface area (TPSA) is 64.6 Å². The fourth-order valence-electron chi connectivity index (χ4n) is 1.40. The molecule has 0 bridgehead atoms. The van der Waals surface area contributed by atoms with Crippen molar-refractivity contribution in [2.75, 3.05) is 18.7 Å². The molecule has 5 nitrogen and oxygen atoms in total. The Balaban J connectivity index is 3.03. The van der Waals surface area contributed by atoms with Crippen LogP contribution in [0.25, 0.3) is 0 Å². The molecule has 1 amide bonds. The van der Waals surface area contributed by atoms with Crippen LogP contribution >= 0.6 is 0 Å². The van der Waals surface area contributed by atoms with Crippen LogP contribution in [0.5, 0.6) is 0 Å². The third-order valence-electron chi connectivity index (χ3n) is 2.16. The lowest BCUT2D eigenvalue weighted by Crippen LogP contribution is -2.12. The van der Waals surface area contributed by atoms with Gasteiger partial charge in [-0.05, 0) is 17.7 Å².